The van der Waals surface area contributed by atoms with Gasteiger partial charge in [-0.3, -0.25) is 4.79 Å². The van der Waals surface area contributed by atoms with Crippen molar-refractivity contribution in [3.05, 3.63) is 36.5 Å². The third kappa shape index (κ3) is 19.9. The highest BCUT2D eigenvalue weighted by molar-refractivity contribution is 5.76. The van der Waals surface area contributed by atoms with Crippen LogP contribution < -0.4 is 5.32 Å². The lowest BCUT2D eigenvalue weighted by Gasteiger charge is -2.40. The van der Waals surface area contributed by atoms with Crippen molar-refractivity contribution in [1.82, 2.24) is 5.32 Å². The predicted octanol–water partition coefficient (Wildman–Crippen LogP) is 5.77. The van der Waals surface area contributed by atoms with Crippen LogP contribution in [-0.2, 0) is 14.3 Å². The number of ether oxygens (including phenoxy) is 2. The number of unbranched alkanes of at least 4 members (excludes halogenated alkanes) is 14. The molecule has 1 aliphatic heterocycles. The first-order chi connectivity index (χ1) is 22.3. The maximum atomic E-state index is 12.8. The molecule has 9 heteroatoms. The summed E-state index contributed by atoms with van der Waals surface area (Å²) >= 11 is 0. The van der Waals surface area contributed by atoms with Gasteiger partial charge in [0.05, 0.1) is 25.4 Å². The van der Waals surface area contributed by atoms with E-state index in [-0.39, 0.29) is 12.5 Å². The van der Waals surface area contributed by atoms with Gasteiger partial charge in [-0.15, -0.1) is 0 Å². The summed E-state index contributed by atoms with van der Waals surface area (Å²) < 4.78 is 11.1. The van der Waals surface area contributed by atoms with Crippen LogP contribution in [0.3, 0.4) is 0 Å². The summed E-state index contributed by atoms with van der Waals surface area (Å²) in [5.74, 6) is -0.195. The van der Waals surface area contributed by atoms with E-state index < -0.39 is 49.5 Å². The Morgan fingerprint density at radius 3 is 1.91 bits per heavy atom. The molecule has 0 saturated carbocycles. The van der Waals surface area contributed by atoms with Crippen LogP contribution in [0.4, 0.5) is 0 Å². The van der Waals surface area contributed by atoms with Crippen molar-refractivity contribution >= 4 is 5.91 Å². The molecule has 1 saturated heterocycles. The molecule has 46 heavy (non-hydrogen) atoms. The number of carbonyl (C=O) groups excluding carboxylic acids is 1. The SMILES string of the molecule is CCCCC/C=C/C(O)C(COC1OC(CO)C(O)C(O)C1O)NC(=O)CCCCCCCCC/C=C\C/C=C\CCCCCC. The van der Waals surface area contributed by atoms with Crippen molar-refractivity contribution < 1.29 is 39.8 Å². The van der Waals surface area contributed by atoms with E-state index in [1.807, 2.05) is 6.08 Å². The first-order valence-electron chi connectivity index (χ1n) is 18.2. The number of aliphatic hydroxyl groups is 5. The zero-order valence-corrected chi connectivity index (χ0v) is 28.8. The first-order valence-corrected chi connectivity index (χ1v) is 18.2. The zero-order valence-electron chi connectivity index (χ0n) is 28.8. The van der Waals surface area contributed by atoms with Gasteiger partial charge < -0.3 is 40.3 Å². The topological polar surface area (TPSA) is 149 Å². The molecule has 7 unspecified atom stereocenters. The fraction of sp³-hybridized carbons (Fsp3) is 0.811. The summed E-state index contributed by atoms with van der Waals surface area (Å²) in [7, 11) is 0. The van der Waals surface area contributed by atoms with Crippen molar-refractivity contribution in [2.45, 2.75) is 179 Å². The molecule has 0 aliphatic carbocycles. The number of carbonyl (C=O) groups is 1. The van der Waals surface area contributed by atoms with Crippen LogP contribution in [0.5, 0.6) is 0 Å². The van der Waals surface area contributed by atoms with Crippen molar-refractivity contribution in [3.8, 4) is 0 Å². The molecule has 0 radical (unpaired) electrons. The molecular weight excluding hydrogens is 586 g/mol. The molecule has 1 rings (SSSR count). The van der Waals surface area contributed by atoms with Crippen LogP contribution >= 0.6 is 0 Å². The zero-order chi connectivity index (χ0) is 33.8. The molecule has 0 aromatic rings. The van der Waals surface area contributed by atoms with Crippen molar-refractivity contribution in [2.75, 3.05) is 13.2 Å². The standard InChI is InChI=1S/C37H67NO8/c1-3-5-7-9-10-11-12-13-14-15-16-17-18-19-20-21-23-25-27-33(41)38-30(31(40)26-24-22-8-6-4-2)29-45-37-36(44)35(43)34(42)32(28-39)46-37/h11-12,14-15,24,26,30-32,34-37,39-40,42-44H,3-10,13,16-23,25,27-29H2,1-2H3,(H,38,41)/b12-11-,15-14-,26-24+. The Morgan fingerprint density at radius 1 is 0.739 bits per heavy atom. The van der Waals surface area contributed by atoms with Gasteiger partial charge in [-0.05, 0) is 51.4 Å². The number of allylic oxidation sites excluding steroid dienone is 5. The quantitative estimate of drug-likeness (QED) is 0.0461. The molecule has 0 aromatic heterocycles. The molecule has 1 amide bonds. The summed E-state index contributed by atoms with van der Waals surface area (Å²) in [4.78, 5) is 12.8. The second-order valence-electron chi connectivity index (χ2n) is 12.7. The number of hydrogen-bond acceptors (Lipinski definition) is 8. The normalized spacial score (nSPS) is 23.5. The minimum absolute atomic E-state index is 0.195. The Morgan fingerprint density at radius 2 is 1.28 bits per heavy atom. The fourth-order valence-corrected chi connectivity index (χ4v) is 5.42. The van der Waals surface area contributed by atoms with Gasteiger partial charge in [0, 0.05) is 6.42 Å². The van der Waals surface area contributed by atoms with Gasteiger partial charge in [-0.25, -0.2) is 0 Å². The molecule has 0 aromatic carbocycles. The van der Waals surface area contributed by atoms with Gasteiger partial charge in [-0.1, -0.05) is 115 Å². The van der Waals surface area contributed by atoms with Crippen LogP contribution in [0.1, 0.15) is 136 Å². The molecule has 1 fully saturated rings. The van der Waals surface area contributed by atoms with E-state index in [2.05, 4.69) is 43.5 Å². The molecular formula is C37H67NO8. The number of rotatable bonds is 28. The van der Waals surface area contributed by atoms with Crippen LogP contribution in [0.25, 0.3) is 0 Å². The average Bonchev–Trinajstić information content (AvgIpc) is 3.05. The minimum Gasteiger partial charge on any atom is -0.394 e. The summed E-state index contributed by atoms with van der Waals surface area (Å²) in [5, 5.41) is 53.4. The highest BCUT2D eigenvalue weighted by Crippen LogP contribution is 2.22. The largest absolute Gasteiger partial charge is 0.394 e. The molecule has 1 heterocycles. The molecule has 7 atom stereocenters. The van der Waals surface area contributed by atoms with E-state index in [0.717, 1.165) is 64.2 Å². The molecule has 0 spiro atoms. The summed E-state index contributed by atoms with van der Waals surface area (Å²) in [6.07, 6.45) is 25.2. The van der Waals surface area contributed by atoms with E-state index in [0.29, 0.717) is 6.42 Å². The maximum absolute atomic E-state index is 12.8. The van der Waals surface area contributed by atoms with Crippen molar-refractivity contribution in [3.63, 3.8) is 0 Å². The van der Waals surface area contributed by atoms with Gasteiger partial charge in [0.25, 0.3) is 0 Å². The number of amides is 1. The number of aliphatic hydroxyl groups excluding tert-OH is 5. The van der Waals surface area contributed by atoms with Crippen LogP contribution in [-0.4, -0.2) is 87.5 Å². The second-order valence-corrected chi connectivity index (χ2v) is 12.7. The third-order valence-electron chi connectivity index (χ3n) is 8.46. The Kier molecular flexibility index (Phi) is 26.2. The van der Waals surface area contributed by atoms with E-state index in [1.54, 1.807) is 6.08 Å². The molecule has 6 N–H and O–H groups in total. The number of nitrogens with one attached hydrogen (secondary N) is 1. The third-order valence-corrected chi connectivity index (χ3v) is 8.46. The van der Waals surface area contributed by atoms with E-state index in [9.17, 15) is 30.3 Å². The van der Waals surface area contributed by atoms with Gasteiger partial charge >= 0.3 is 0 Å². The molecule has 1 aliphatic rings. The highest BCUT2D eigenvalue weighted by atomic mass is 16.7. The summed E-state index contributed by atoms with van der Waals surface area (Å²) in [5.41, 5.74) is 0. The lowest BCUT2D eigenvalue weighted by atomic mass is 9.99. The summed E-state index contributed by atoms with van der Waals surface area (Å²) in [6, 6.07) is -0.803. The van der Waals surface area contributed by atoms with E-state index in [4.69, 9.17) is 9.47 Å². The van der Waals surface area contributed by atoms with Crippen molar-refractivity contribution in [1.29, 1.82) is 0 Å². The molecule has 0 bridgehead atoms. The monoisotopic (exact) mass is 653 g/mol. The lowest BCUT2D eigenvalue weighted by molar-refractivity contribution is -0.302. The van der Waals surface area contributed by atoms with Crippen molar-refractivity contribution in [2.24, 2.45) is 0 Å². The van der Waals surface area contributed by atoms with Crippen LogP contribution in [0, 0.1) is 0 Å². The first kappa shape index (κ1) is 42.4. The minimum atomic E-state index is -1.56. The Balaban J connectivity index is 2.33. The predicted molar refractivity (Wildman–Crippen MR) is 184 cm³/mol. The number of hydrogen-bond donors (Lipinski definition) is 6. The smallest absolute Gasteiger partial charge is 0.220 e. The van der Waals surface area contributed by atoms with Gasteiger partial charge in [-0.2, -0.15) is 0 Å². The van der Waals surface area contributed by atoms with Gasteiger partial charge in [0.15, 0.2) is 6.29 Å². The maximum Gasteiger partial charge on any atom is 0.220 e. The Bertz CT molecular complexity index is 817. The molecule has 268 valence electrons. The average molecular weight is 654 g/mol. The van der Waals surface area contributed by atoms with E-state index >= 15 is 0 Å². The van der Waals surface area contributed by atoms with Crippen LogP contribution in [0.15, 0.2) is 36.5 Å². The second kappa shape index (κ2) is 28.4. The highest BCUT2D eigenvalue weighted by Gasteiger charge is 2.44. The fourth-order valence-electron chi connectivity index (χ4n) is 5.42. The molecule has 9 nitrogen and oxygen atoms in total. The van der Waals surface area contributed by atoms with Gasteiger partial charge in [0.1, 0.15) is 24.4 Å². The lowest BCUT2D eigenvalue weighted by Crippen LogP contribution is -2.60. The van der Waals surface area contributed by atoms with Gasteiger partial charge in [0.2, 0.25) is 5.91 Å². The Labute approximate surface area is 279 Å². The van der Waals surface area contributed by atoms with E-state index in [1.165, 1.54) is 51.4 Å². The van der Waals surface area contributed by atoms with Crippen LogP contribution in [0.2, 0.25) is 0 Å². The summed E-state index contributed by atoms with van der Waals surface area (Å²) in [6.45, 7) is 3.60. The Hall–Kier alpha value is -1.59.